The highest BCUT2D eigenvalue weighted by Gasteiger charge is 2.20. The van der Waals surface area contributed by atoms with Gasteiger partial charge < -0.3 is 23.8 Å². The summed E-state index contributed by atoms with van der Waals surface area (Å²) in [7, 11) is -4.14. The van der Waals surface area contributed by atoms with Crippen LogP contribution >= 0.6 is 7.82 Å². The SMILES string of the molecule is CCCCOC(=O)C=Cc1ccc(C=CC(=O)OCCCCCCOP(=O)(O)OCCCCCCOC(=O)C=Cc2ccc(C=CC(=O)OCCCC)cc2)cc1. The average Bonchev–Trinajstić information content (AvgIpc) is 3.20. The van der Waals surface area contributed by atoms with E-state index in [1.807, 2.05) is 62.4 Å². The number of benzene rings is 2. The number of hydrogen-bond acceptors (Lipinski definition) is 11. The van der Waals surface area contributed by atoms with Crippen LogP contribution in [0, 0.1) is 0 Å². The summed E-state index contributed by atoms with van der Waals surface area (Å²) in [4.78, 5) is 57.3. The summed E-state index contributed by atoms with van der Waals surface area (Å²) in [6.45, 7) is 5.56. The van der Waals surface area contributed by atoms with Crippen molar-refractivity contribution in [1.29, 1.82) is 0 Å². The molecule has 0 saturated carbocycles. The van der Waals surface area contributed by atoms with Gasteiger partial charge in [0.2, 0.25) is 0 Å². The molecule has 0 unspecified atom stereocenters. The molecule has 13 heteroatoms. The molecule has 0 amide bonds. The van der Waals surface area contributed by atoms with E-state index in [0.29, 0.717) is 38.9 Å². The molecule has 57 heavy (non-hydrogen) atoms. The van der Waals surface area contributed by atoms with E-state index in [-0.39, 0.29) is 38.4 Å². The molecule has 0 spiro atoms. The maximum absolute atomic E-state index is 12.1. The second-order valence-corrected chi connectivity index (χ2v) is 14.5. The number of carbonyl (C=O) groups is 4. The van der Waals surface area contributed by atoms with E-state index in [9.17, 15) is 28.6 Å². The first-order valence-corrected chi connectivity index (χ1v) is 21.3. The van der Waals surface area contributed by atoms with E-state index in [4.69, 9.17) is 28.0 Å². The minimum Gasteiger partial charge on any atom is -0.463 e. The molecule has 312 valence electrons. The van der Waals surface area contributed by atoms with Crippen LogP contribution in [-0.4, -0.2) is 68.4 Å². The molecular weight excluding hydrogens is 751 g/mol. The van der Waals surface area contributed by atoms with Gasteiger partial charge in [-0.1, -0.05) is 88.1 Å². The van der Waals surface area contributed by atoms with Crippen molar-refractivity contribution in [2.45, 2.75) is 90.9 Å². The molecule has 2 aromatic rings. The Bertz CT molecular complexity index is 1510. The van der Waals surface area contributed by atoms with Crippen molar-refractivity contribution in [3.63, 3.8) is 0 Å². The Morgan fingerprint density at radius 3 is 0.947 bits per heavy atom. The van der Waals surface area contributed by atoms with Gasteiger partial charge in [-0.3, -0.25) is 9.05 Å². The van der Waals surface area contributed by atoms with Gasteiger partial charge in [0.1, 0.15) is 0 Å². The van der Waals surface area contributed by atoms with Gasteiger partial charge in [-0.05, 0) is 97.9 Å². The highest BCUT2D eigenvalue weighted by Crippen LogP contribution is 2.43. The highest BCUT2D eigenvalue weighted by atomic mass is 31.2. The lowest BCUT2D eigenvalue weighted by Gasteiger charge is -2.12. The minimum absolute atomic E-state index is 0.0770. The van der Waals surface area contributed by atoms with Gasteiger partial charge in [-0.2, -0.15) is 0 Å². The smallest absolute Gasteiger partial charge is 0.463 e. The molecule has 2 rings (SSSR count). The summed E-state index contributed by atoms with van der Waals surface area (Å²) < 4.78 is 42.9. The topological polar surface area (TPSA) is 161 Å². The molecule has 0 aliphatic heterocycles. The Morgan fingerprint density at radius 2 is 0.684 bits per heavy atom. The standard InChI is InChI=1S/C44H59O12P/c1-3-5-31-51-41(45)27-23-37-15-19-39(20-16-37)25-29-43(47)53-33-11-7-9-13-35-55-57(49,50)56-36-14-10-8-12-34-54-44(48)30-26-40-21-17-38(18-22-40)24-28-42(46)52-32-6-4-2/h15-30H,3-14,31-36H2,1-2H3,(H,49,50). The van der Waals surface area contributed by atoms with Crippen molar-refractivity contribution in [2.75, 3.05) is 39.6 Å². The zero-order valence-corrected chi connectivity index (χ0v) is 34.2. The van der Waals surface area contributed by atoms with E-state index >= 15 is 0 Å². The second-order valence-electron chi connectivity index (χ2n) is 13.0. The van der Waals surface area contributed by atoms with Crippen LogP contribution in [0.15, 0.2) is 72.8 Å². The van der Waals surface area contributed by atoms with Crippen molar-refractivity contribution in [3.8, 4) is 0 Å². The molecule has 0 aliphatic rings. The number of phosphoric acid groups is 1. The van der Waals surface area contributed by atoms with Crippen LogP contribution in [0.25, 0.3) is 24.3 Å². The number of unbranched alkanes of at least 4 members (excludes halogenated alkanes) is 8. The molecule has 2 aromatic carbocycles. The van der Waals surface area contributed by atoms with E-state index in [1.165, 1.54) is 24.3 Å². The molecule has 0 aliphatic carbocycles. The van der Waals surface area contributed by atoms with Crippen LogP contribution in [0.5, 0.6) is 0 Å². The van der Waals surface area contributed by atoms with Gasteiger partial charge in [0, 0.05) is 24.3 Å². The summed E-state index contributed by atoms with van der Waals surface area (Å²) in [5.41, 5.74) is 3.30. The maximum Gasteiger partial charge on any atom is 0.472 e. The Hall–Kier alpha value is -4.61. The van der Waals surface area contributed by atoms with Crippen molar-refractivity contribution < 1.29 is 56.6 Å². The molecule has 0 bridgehead atoms. The van der Waals surface area contributed by atoms with E-state index in [2.05, 4.69) is 0 Å². The van der Waals surface area contributed by atoms with E-state index in [0.717, 1.165) is 73.6 Å². The average molecular weight is 811 g/mol. The molecule has 0 saturated heterocycles. The molecule has 0 atom stereocenters. The molecule has 0 fully saturated rings. The first kappa shape index (κ1) is 48.5. The summed E-state index contributed by atoms with van der Waals surface area (Å²) in [6.07, 6.45) is 21.2. The molecule has 0 heterocycles. The second kappa shape index (κ2) is 30.5. The quantitative estimate of drug-likeness (QED) is 0.0262. The van der Waals surface area contributed by atoms with Crippen molar-refractivity contribution in [3.05, 3.63) is 95.1 Å². The molecule has 0 aromatic heterocycles. The van der Waals surface area contributed by atoms with Crippen LogP contribution < -0.4 is 0 Å². The number of ether oxygens (including phenoxy) is 4. The molecule has 0 radical (unpaired) electrons. The fourth-order valence-corrected chi connectivity index (χ4v) is 5.57. The Labute approximate surface area is 337 Å². The lowest BCUT2D eigenvalue weighted by atomic mass is 10.1. The van der Waals surface area contributed by atoms with Crippen LogP contribution in [-0.2, 0) is 51.7 Å². The van der Waals surface area contributed by atoms with Crippen LogP contribution in [0.1, 0.15) is 113 Å². The fourth-order valence-electron chi connectivity index (χ4n) is 4.78. The van der Waals surface area contributed by atoms with Crippen LogP contribution in [0.2, 0.25) is 0 Å². The van der Waals surface area contributed by atoms with Gasteiger partial charge in [-0.15, -0.1) is 0 Å². The molecule has 12 nitrogen and oxygen atoms in total. The van der Waals surface area contributed by atoms with Crippen molar-refractivity contribution in [2.24, 2.45) is 0 Å². The number of phosphoric ester groups is 1. The first-order chi connectivity index (χ1) is 27.6. The fraction of sp³-hybridized carbons (Fsp3) is 0.455. The Kier molecular flexibility index (Phi) is 26.0. The van der Waals surface area contributed by atoms with Gasteiger partial charge in [0.15, 0.2) is 0 Å². The molecule has 1 N–H and O–H groups in total. The monoisotopic (exact) mass is 810 g/mol. The zero-order chi connectivity index (χ0) is 41.4. The zero-order valence-electron chi connectivity index (χ0n) is 33.4. The minimum atomic E-state index is -4.14. The van der Waals surface area contributed by atoms with Crippen molar-refractivity contribution >= 4 is 56.0 Å². The Morgan fingerprint density at radius 1 is 0.439 bits per heavy atom. The largest absolute Gasteiger partial charge is 0.472 e. The highest BCUT2D eigenvalue weighted by molar-refractivity contribution is 7.47. The third-order valence-corrected chi connectivity index (χ3v) is 9.10. The van der Waals surface area contributed by atoms with Gasteiger partial charge >= 0.3 is 31.7 Å². The van der Waals surface area contributed by atoms with E-state index < -0.39 is 19.8 Å². The number of carbonyl (C=O) groups excluding carboxylic acids is 4. The lowest BCUT2D eigenvalue weighted by molar-refractivity contribution is -0.138. The van der Waals surface area contributed by atoms with E-state index in [1.54, 1.807) is 24.3 Å². The predicted octanol–water partition coefficient (Wildman–Crippen LogP) is 9.47. The molecular formula is C44H59O12P. The third kappa shape index (κ3) is 26.0. The summed E-state index contributed by atoms with van der Waals surface area (Å²) in [5.74, 6) is -1.64. The van der Waals surface area contributed by atoms with Gasteiger partial charge in [-0.25, -0.2) is 23.7 Å². The number of rotatable bonds is 30. The normalized spacial score (nSPS) is 12.7. The van der Waals surface area contributed by atoms with Crippen LogP contribution in [0.4, 0.5) is 0 Å². The summed E-state index contributed by atoms with van der Waals surface area (Å²) >= 11 is 0. The van der Waals surface area contributed by atoms with Crippen LogP contribution in [0.3, 0.4) is 0 Å². The Balaban J connectivity index is 1.44. The number of hydrogen-bond donors (Lipinski definition) is 1. The summed E-state index contributed by atoms with van der Waals surface area (Å²) in [5, 5.41) is 0. The third-order valence-electron chi connectivity index (χ3n) is 8.08. The van der Waals surface area contributed by atoms with Gasteiger partial charge in [0.05, 0.1) is 39.6 Å². The number of esters is 4. The van der Waals surface area contributed by atoms with Gasteiger partial charge in [0.25, 0.3) is 0 Å². The summed E-state index contributed by atoms with van der Waals surface area (Å²) in [6, 6.07) is 14.7. The maximum atomic E-state index is 12.1. The van der Waals surface area contributed by atoms with Crippen molar-refractivity contribution in [1.82, 2.24) is 0 Å². The predicted molar refractivity (Wildman–Crippen MR) is 221 cm³/mol. The lowest BCUT2D eigenvalue weighted by Crippen LogP contribution is -2.03. The first-order valence-electron chi connectivity index (χ1n) is 19.8.